The molecule has 3 amide bonds. The average Bonchev–Trinajstić information content (AvgIpc) is 2.78. The molecule has 0 N–H and O–H groups in total. The number of carbonyl (C=O) groups is 2. The molecule has 1 heterocycles. The van der Waals surface area contributed by atoms with Crippen LogP contribution in [0.4, 0.5) is 10.5 Å². The quantitative estimate of drug-likeness (QED) is 0.778. The number of halogens is 1. The molecule has 1 aliphatic rings. The summed E-state index contributed by atoms with van der Waals surface area (Å²) in [6.45, 7) is 10.3. The second-order valence-corrected chi connectivity index (χ2v) is 9.00. The zero-order chi connectivity index (χ0) is 19.8. The van der Waals surface area contributed by atoms with Gasteiger partial charge in [0.15, 0.2) is 0 Å². The van der Waals surface area contributed by atoms with E-state index in [2.05, 4.69) is 34.6 Å². The van der Waals surface area contributed by atoms with Crippen LogP contribution < -0.4 is 4.90 Å². The summed E-state index contributed by atoms with van der Waals surface area (Å²) in [6.07, 6.45) is 0.358. The Morgan fingerprint density at radius 1 is 1.23 bits per heavy atom. The normalized spacial score (nSPS) is 20.9. The van der Waals surface area contributed by atoms with E-state index in [1.807, 2.05) is 12.1 Å². The van der Waals surface area contributed by atoms with E-state index in [1.54, 1.807) is 40.9 Å². The van der Waals surface area contributed by atoms with Gasteiger partial charge in [-0.1, -0.05) is 46.2 Å². The molecule has 0 spiro atoms. The van der Waals surface area contributed by atoms with Crippen molar-refractivity contribution in [3.8, 4) is 0 Å². The van der Waals surface area contributed by atoms with Gasteiger partial charge in [0, 0.05) is 30.2 Å². The summed E-state index contributed by atoms with van der Waals surface area (Å²) in [4.78, 5) is 31.4. The molecule has 1 aromatic rings. The number of hydrogen-bond acceptors (Lipinski definition) is 2. The maximum absolute atomic E-state index is 13.4. The highest BCUT2D eigenvalue weighted by molar-refractivity contribution is 6.30. The van der Waals surface area contributed by atoms with Gasteiger partial charge in [0.05, 0.1) is 0 Å². The van der Waals surface area contributed by atoms with Crippen LogP contribution in [0.15, 0.2) is 24.3 Å². The largest absolute Gasteiger partial charge is 0.326 e. The van der Waals surface area contributed by atoms with E-state index in [0.717, 1.165) is 5.69 Å². The second-order valence-electron chi connectivity index (χ2n) is 8.56. The summed E-state index contributed by atoms with van der Waals surface area (Å²) in [5.74, 6) is 0.323. The molecular weight excluding hydrogens is 350 g/mol. The number of nitrogens with zero attached hydrogens (tertiary/aromatic N) is 3. The van der Waals surface area contributed by atoms with Crippen molar-refractivity contribution in [1.82, 2.24) is 9.80 Å². The third-order valence-electron chi connectivity index (χ3n) is 4.79. The van der Waals surface area contributed by atoms with Crippen molar-refractivity contribution >= 4 is 29.2 Å². The Labute approximate surface area is 161 Å². The van der Waals surface area contributed by atoms with Crippen molar-refractivity contribution < 1.29 is 9.59 Å². The third-order valence-corrected chi connectivity index (χ3v) is 5.04. The summed E-state index contributed by atoms with van der Waals surface area (Å²) >= 11 is 5.96. The molecule has 1 aromatic carbocycles. The number of urea groups is 1. The molecule has 26 heavy (non-hydrogen) atoms. The smallest absolute Gasteiger partial charge is 0.323 e. The molecule has 2 rings (SSSR count). The van der Waals surface area contributed by atoms with Gasteiger partial charge >= 0.3 is 6.03 Å². The van der Waals surface area contributed by atoms with Gasteiger partial charge in [-0.15, -0.1) is 0 Å². The lowest BCUT2D eigenvalue weighted by atomic mass is 9.91. The fourth-order valence-corrected chi connectivity index (χ4v) is 3.80. The number of carbonyl (C=O) groups excluding carboxylic acids is 2. The number of amides is 3. The number of hydrogen-bond donors (Lipinski definition) is 0. The maximum atomic E-state index is 13.4. The van der Waals surface area contributed by atoms with E-state index in [9.17, 15) is 9.59 Å². The summed E-state index contributed by atoms with van der Waals surface area (Å²) in [5, 5.41) is 0.621. The van der Waals surface area contributed by atoms with Gasteiger partial charge in [-0.05, 0) is 36.6 Å². The predicted octanol–water partition coefficient (Wildman–Crippen LogP) is 4.46. The highest BCUT2D eigenvalue weighted by Crippen LogP contribution is 2.37. The minimum atomic E-state index is -0.438. The Morgan fingerprint density at radius 3 is 2.23 bits per heavy atom. The Kier molecular flexibility index (Phi) is 5.91. The Morgan fingerprint density at radius 2 is 1.77 bits per heavy atom. The summed E-state index contributed by atoms with van der Waals surface area (Å²) in [5.41, 5.74) is 0.490. The van der Waals surface area contributed by atoms with Crippen LogP contribution in [-0.2, 0) is 4.79 Å². The molecule has 2 atom stereocenters. The van der Waals surface area contributed by atoms with Gasteiger partial charge in [0.25, 0.3) is 0 Å². The highest BCUT2D eigenvalue weighted by Gasteiger charge is 2.51. The van der Waals surface area contributed by atoms with E-state index < -0.39 is 6.04 Å². The van der Waals surface area contributed by atoms with Crippen molar-refractivity contribution in [2.75, 3.05) is 19.0 Å². The molecule has 0 unspecified atom stereocenters. The molecule has 144 valence electrons. The molecule has 0 aliphatic carbocycles. The zero-order valence-corrected chi connectivity index (χ0v) is 17.5. The molecule has 1 aliphatic heterocycles. The molecule has 0 radical (unpaired) electrons. The van der Waals surface area contributed by atoms with Gasteiger partial charge in [0.1, 0.15) is 12.2 Å². The standard InChI is InChI=1S/C20H30ClN3O2/c1-13(2)12-16-17(25)23(7)18(20(3,4)5)24(16)19(26)22(6)15-10-8-14(21)9-11-15/h8-11,13,16,18H,12H2,1-7H3/t16-,18+/m0/s1. The van der Waals surface area contributed by atoms with Crippen LogP contribution in [-0.4, -0.2) is 48.0 Å². The van der Waals surface area contributed by atoms with E-state index in [-0.39, 0.29) is 23.5 Å². The van der Waals surface area contributed by atoms with Crippen LogP contribution in [0.5, 0.6) is 0 Å². The van der Waals surface area contributed by atoms with E-state index >= 15 is 0 Å². The first-order valence-corrected chi connectivity index (χ1v) is 9.41. The van der Waals surface area contributed by atoms with Crippen molar-refractivity contribution in [3.63, 3.8) is 0 Å². The average molecular weight is 380 g/mol. The lowest BCUT2D eigenvalue weighted by Gasteiger charge is -2.40. The molecule has 1 saturated heterocycles. The fourth-order valence-electron chi connectivity index (χ4n) is 3.68. The van der Waals surface area contributed by atoms with Crippen LogP contribution in [0.3, 0.4) is 0 Å². The minimum Gasteiger partial charge on any atom is -0.323 e. The summed E-state index contributed by atoms with van der Waals surface area (Å²) < 4.78 is 0. The molecular formula is C20H30ClN3O2. The lowest BCUT2D eigenvalue weighted by molar-refractivity contribution is -0.130. The monoisotopic (exact) mass is 379 g/mol. The Hall–Kier alpha value is -1.75. The maximum Gasteiger partial charge on any atom is 0.326 e. The summed E-state index contributed by atoms with van der Waals surface area (Å²) in [7, 11) is 3.53. The first kappa shape index (κ1) is 20.6. The van der Waals surface area contributed by atoms with Crippen molar-refractivity contribution in [1.29, 1.82) is 0 Å². The van der Waals surface area contributed by atoms with E-state index in [0.29, 0.717) is 17.4 Å². The van der Waals surface area contributed by atoms with Gasteiger partial charge in [-0.2, -0.15) is 0 Å². The van der Waals surface area contributed by atoms with Crippen LogP contribution in [0.2, 0.25) is 5.02 Å². The molecule has 5 nitrogen and oxygen atoms in total. The first-order chi connectivity index (χ1) is 11.9. The summed E-state index contributed by atoms with van der Waals surface area (Å²) in [6, 6.07) is 6.53. The number of likely N-dealkylation sites (N-methyl/N-ethyl adjacent to an activating group) is 1. The van der Waals surface area contributed by atoms with Crippen LogP contribution >= 0.6 is 11.6 Å². The van der Waals surface area contributed by atoms with Crippen molar-refractivity contribution in [3.05, 3.63) is 29.3 Å². The van der Waals surface area contributed by atoms with Gasteiger partial charge in [-0.25, -0.2) is 4.79 Å². The van der Waals surface area contributed by atoms with Crippen molar-refractivity contribution in [2.24, 2.45) is 11.3 Å². The topological polar surface area (TPSA) is 43.9 Å². The second kappa shape index (κ2) is 7.47. The lowest BCUT2D eigenvalue weighted by Crippen LogP contribution is -2.54. The first-order valence-electron chi connectivity index (χ1n) is 9.03. The van der Waals surface area contributed by atoms with Gasteiger partial charge in [-0.3, -0.25) is 14.6 Å². The van der Waals surface area contributed by atoms with Crippen molar-refractivity contribution in [2.45, 2.75) is 53.2 Å². The molecule has 0 aromatic heterocycles. The van der Waals surface area contributed by atoms with E-state index in [1.165, 1.54) is 0 Å². The number of anilines is 1. The van der Waals surface area contributed by atoms with Crippen LogP contribution in [0.1, 0.15) is 41.0 Å². The SMILES string of the molecule is CC(C)C[C@H]1C(=O)N(C)[C@@H](C(C)(C)C)N1C(=O)N(C)c1ccc(Cl)cc1. The third kappa shape index (κ3) is 3.98. The number of benzene rings is 1. The van der Waals surface area contributed by atoms with E-state index in [4.69, 9.17) is 11.6 Å². The predicted molar refractivity (Wildman–Crippen MR) is 106 cm³/mol. The van der Waals surface area contributed by atoms with Crippen LogP contribution in [0.25, 0.3) is 0 Å². The molecule has 1 fully saturated rings. The molecule has 0 bridgehead atoms. The molecule has 6 heteroatoms. The Balaban J connectivity index is 2.42. The number of rotatable bonds is 3. The fraction of sp³-hybridized carbons (Fsp3) is 0.600. The minimum absolute atomic E-state index is 0.0106. The Bertz CT molecular complexity index is 667. The highest BCUT2D eigenvalue weighted by atomic mass is 35.5. The van der Waals surface area contributed by atoms with Gasteiger partial charge < -0.3 is 4.90 Å². The van der Waals surface area contributed by atoms with Crippen LogP contribution in [0, 0.1) is 11.3 Å². The van der Waals surface area contributed by atoms with Gasteiger partial charge in [0.2, 0.25) is 5.91 Å². The zero-order valence-electron chi connectivity index (χ0n) is 16.8. The molecule has 0 saturated carbocycles.